The van der Waals surface area contributed by atoms with Crippen molar-refractivity contribution in [3.05, 3.63) is 35.9 Å². The maximum atomic E-state index is 12.4. The fraction of sp³-hybridized carbons (Fsp3) is 0.579. The normalized spacial score (nSPS) is 24.3. The van der Waals surface area contributed by atoms with Crippen LogP contribution in [0.15, 0.2) is 30.3 Å². The largest absolute Gasteiger partial charge is 0.356 e. The number of nitrogens with one attached hydrogen (secondary N) is 1. The van der Waals surface area contributed by atoms with Crippen LogP contribution in [0.2, 0.25) is 0 Å². The van der Waals surface area contributed by atoms with Gasteiger partial charge in [-0.15, -0.1) is 0 Å². The number of nitrogens with zero attached hydrogens (tertiary/aromatic N) is 1. The number of carbonyl (C=O) groups is 2. The van der Waals surface area contributed by atoms with E-state index >= 15 is 0 Å². The summed E-state index contributed by atoms with van der Waals surface area (Å²) in [6.45, 7) is 4.60. The third-order valence-corrected chi connectivity index (χ3v) is 5.10. The van der Waals surface area contributed by atoms with E-state index in [2.05, 4.69) is 24.4 Å². The van der Waals surface area contributed by atoms with Crippen LogP contribution in [0.1, 0.15) is 31.7 Å². The molecule has 0 aromatic heterocycles. The standard InChI is InChI=1S/C19H26N2O2/c1-14-8-11-21(12-9-14)19(23)17-13-16(17)18(22)20-10-7-15-5-3-2-4-6-15/h2-6,14,16-17H,7-13H2,1H3,(H,20,22). The molecule has 0 radical (unpaired) electrons. The third kappa shape index (κ3) is 4.12. The molecule has 1 aliphatic carbocycles. The first kappa shape index (κ1) is 16.0. The average molecular weight is 314 g/mol. The summed E-state index contributed by atoms with van der Waals surface area (Å²) >= 11 is 0. The summed E-state index contributed by atoms with van der Waals surface area (Å²) in [6, 6.07) is 10.1. The Balaban J connectivity index is 1.39. The molecule has 1 N–H and O–H groups in total. The van der Waals surface area contributed by atoms with Crippen molar-refractivity contribution in [2.24, 2.45) is 17.8 Å². The second-order valence-corrected chi connectivity index (χ2v) is 6.98. The first-order valence-electron chi connectivity index (χ1n) is 8.75. The summed E-state index contributed by atoms with van der Waals surface area (Å²) in [5.74, 6) is 0.790. The van der Waals surface area contributed by atoms with Gasteiger partial charge in [-0.3, -0.25) is 9.59 Å². The number of piperidine rings is 1. The van der Waals surface area contributed by atoms with Gasteiger partial charge in [-0.05, 0) is 37.2 Å². The van der Waals surface area contributed by atoms with Crippen molar-refractivity contribution < 1.29 is 9.59 Å². The van der Waals surface area contributed by atoms with Crippen molar-refractivity contribution in [3.63, 3.8) is 0 Å². The van der Waals surface area contributed by atoms with Crippen LogP contribution in [0.25, 0.3) is 0 Å². The highest BCUT2D eigenvalue weighted by Gasteiger charge is 2.49. The number of carbonyl (C=O) groups excluding carboxylic acids is 2. The topological polar surface area (TPSA) is 49.4 Å². The second-order valence-electron chi connectivity index (χ2n) is 6.98. The molecule has 2 atom stereocenters. The van der Waals surface area contributed by atoms with Crippen LogP contribution in [0, 0.1) is 17.8 Å². The van der Waals surface area contributed by atoms with Gasteiger partial charge in [0.15, 0.2) is 0 Å². The van der Waals surface area contributed by atoms with E-state index in [-0.39, 0.29) is 23.7 Å². The molecular formula is C19H26N2O2. The highest BCUT2D eigenvalue weighted by Crippen LogP contribution is 2.40. The summed E-state index contributed by atoms with van der Waals surface area (Å²) in [6.07, 6.45) is 3.74. The Morgan fingerprint density at radius 1 is 1.13 bits per heavy atom. The second kappa shape index (κ2) is 7.16. The smallest absolute Gasteiger partial charge is 0.226 e. The lowest BCUT2D eigenvalue weighted by Gasteiger charge is -2.30. The highest BCUT2D eigenvalue weighted by molar-refractivity contribution is 5.92. The van der Waals surface area contributed by atoms with Crippen LogP contribution >= 0.6 is 0 Å². The number of rotatable bonds is 5. The molecule has 2 fully saturated rings. The molecule has 2 unspecified atom stereocenters. The number of hydrogen-bond donors (Lipinski definition) is 1. The van der Waals surface area contributed by atoms with Crippen LogP contribution in [0.3, 0.4) is 0 Å². The van der Waals surface area contributed by atoms with Crippen LogP contribution in [-0.2, 0) is 16.0 Å². The van der Waals surface area contributed by atoms with E-state index in [0.29, 0.717) is 6.54 Å². The van der Waals surface area contributed by atoms with E-state index in [1.165, 1.54) is 5.56 Å². The molecule has 0 bridgehead atoms. The van der Waals surface area contributed by atoms with Gasteiger partial charge in [-0.2, -0.15) is 0 Å². The zero-order valence-electron chi connectivity index (χ0n) is 13.8. The van der Waals surface area contributed by atoms with E-state index in [4.69, 9.17) is 0 Å². The Kier molecular flexibility index (Phi) is 4.99. The minimum Gasteiger partial charge on any atom is -0.356 e. The van der Waals surface area contributed by atoms with Gasteiger partial charge in [0.2, 0.25) is 11.8 Å². The van der Waals surface area contributed by atoms with E-state index in [1.54, 1.807) is 0 Å². The maximum Gasteiger partial charge on any atom is 0.226 e. The summed E-state index contributed by atoms with van der Waals surface area (Å²) in [7, 11) is 0. The van der Waals surface area contributed by atoms with Crippen molar-refractivity contribution in [1.82, 2.24) is 10.2 Å². The molecule has 1 heterocycles. The molecule has 1 saturated carbocycles. The molecule has 1 aliphatic heterocycles. The minimum absolute atomic E-state index is 0.0460. The maximum absolute atomic E-state index is 12.4. The Morgan fingerprint density at radius 2 is 1.83 bits per heavy atom. The minimum atomic E-state index is -0.0994. The lowest BCUT2D eigenvalue weighted by atomic mass is 9.99. The first-order chi connectivity index (χ1) is 11.1. The Hall–Kier alpha value is -1.84. The fourth-order valence-corrected chi connectivity index (χ4v) is 3.33. The van der Waals surface area contributed by atoms with Crippen molar-refractivity contribution in [2.75, 3.05) is 19.6 Å². The fourth-order valence-electron chi connectivity index (χ4n) is 3.33. The van der Waals surface area contributed by atoms with Crippen LogP contribution in [-0.4, -0.2) is 36.3 Å². The summed E-state index contributed by atoms with van der Waals surface area (Å²) < 4.78 is 0. The molecule has 124 valence electrons. The molecule has 4 nitrogen and oxygen atoms in total. The van der Waals surface area contributed by atoms with Gasteiger partial charge in [-0.1, -0.05) is 37.3 Å². The third-order valence-electron chi connectivity index (χ3n) is 5.10. The van der Waals surface area contributed by atoms with Gasteiger partial charge >= 0.3 is 0 Å². The van der Waals surface area contributed by atoms with Gasteiger partial charge < -0.3 is 10.2 Å². The monoisotopic (exact) mass is 314 g/mol. The molecule has 1 aromatic rings. The Morgan fingerprint density at radius 3 is 2.52 bits per heavy atom. The quantitative estimate of drug-likeness (QED) is 0.906. The average Bonchev–Trinajstić information content (AvgIpc) is 3.36. The van der Waals surface area contributed by atoms with E-state index in [9.17, 15) is 9.59 Å². The molecule has 4 heteroatoms. The van der Waals surface area contributed by atoms with Crippen molar-refractivity contribution >= 4 is 11.8 Å². The molecule has 23 heavy (non-hydrogen) atoms. The van der Waals surface area contributed by atoms with Crippen LogP contribution in [0.4, 0.5) is 0 Å². The predicted molar refractivity (Wildman–Crippen MR) is 89.7 cm³/mol. The van der Waals surface area contributed by atoms with Crippen molar-refractivity contribution in [1.29, 1.82) is 0 Å². The zero-order valence-corrected chi connectivity index (χ0v) is 13.8. The number of benzene rings is 1. The SMILES string of the molecule is CC1CCN(C(=O)C2CC2C(=O)NCCc2ccccc2)CC1. The Bertz CT molecular complexity index is 550. The molecule has 1 saturated heterocycles. The van der Waals surface area contributed by atoms with Gasteiger partial charge in [0, 0.05) is 19.6 Å². The number of likely N-dealkylation sites (tertiary alicyclic amines) is 1. The molecule has 2 amide bonds. The van der Waals surface area contributed by atoms with Gasteiger partial charge in [0.25, 0.3) is 0 Å². The van der Waals surface area contributed by atoms with E-state index in [1.807, 2.05) is 23.1 Å². The summed E-state index contributed by atoms with van der Waals surface area (Å²) in [4.78, 5) is 26.5. The van der Waals surface area contributed by atoms with Gasteiger partial charge in [0.05, 0.1) is 11.8 Å². The van der Waals surface area contributed by atoms with Gasteiger partial charge in [0.1, 0.15) is 0 Å². The highest BCUT2D eigenvalue weighted by atomic mass is 16.2. The lowest BCUT2D eigenvalue weighted by Crippen LogP contribution is -2.39. The van der Waals surface area contributed by atoms with Crippen molar-refractivity contribution in [3.8, 4) is 0 Å². The van der Waals surface area contributed by atoms with E-state index < -0.39 is 0 Å². The summed E-state index contributed by atoms with van der Waals surface area (Å²) in [5.41, 5.74) is 1.22. The first-order valence-corrected chi connectivity index (χ1v) is 8.75. The number of amides is 2. The molecule has 1 aromatic carbocycles. The molecule has 0 spiro atoms. The van der Waals surface area contributed by atoms with Gasteiger partial charge in [-0.25, -0.2) is 0 Å². The molecule has 2 aliphatic rings. The predicted octanol–water partition coefficient (Wildman–Crippen LogP) is 2.24. The Labute approximate surface area is 138 Å². The van der Waals surface area contributed by atoms with Crippen molar-refractivity contribution in [2.45, 2.75) is 32.6 Å². The number of hydrogen-bond acceptors (Lipinski definition) is 2. The molecule has 3 rings (SSSR count). The van der Waals surface area contributed by atoms with E-state index in [0.717, 1.165) is 44.7 Å². The zero-order chi connectivity index (χ0) is 16.2. The lowest BCUT2D eigenvalue weighted by molar-refractivity contribution is -0.135. The molecular weight excluding hydrogens is 288 g/mol. The van der Waals surface area contributed by atoms with Crippen LogP contribution in [0.5, 0.6) is 0 Å². The summed E-state index contributed by atoms with van der Waals surface area (Å²) in [5, 5.41) is 2.98. The van der Waals surface area contributed by atoms with Crippen LogP contribution < -0.4 is 5.32 Å².